The van der Waals surface area contributed by atoms with Crippen LogP contribution in [0.3, 0.4) is 0 Å². The number of rotatable bonds is 5. The number of hydrogen-bond acceptors (Lipinski definition) is 5. The summed E-state index contributed by atoms with van der Waals surface area (Å²) in [6, 6.07) is 18.1. The van der Waals surface area contributed by atoms with Gasteiger partial charge < -0.3 is 10.5 Å². The third-order valence-corrected chi connectivity index (χ3v) is 3.76. The van der Waals surface area contributed by atoms with E-state index in [0.29, 0.717) is 11.7 Å². The highest BCUT2D eigenvalue weighted by molar-refractivity contribution is 7.15. The van der Waals surface area contributed by atoms with E-state index in [1.54, 1.807) is 0 Å². The van der Waals surface area contributed by atoms with Gasteiger partial charge in [0, 0.05) is 6.42 Å². The Balaban J connectivity index is 1.59. The van der Waals surface area contributed by atoms with E-state index in [9.17, 15) is 0 Å². The first kappa shape index (κ1) is 13.6. The molecule has 3 aromatic rings. The number of anilines is 1. The van der Waals surface area contributed by atoms with Crippen molar-refractivity contribution in [2.24, 2.45) is 0 Å². The number of nitrogen functional groups attached to an aromatic ring is 1. The molecule has 1 aromatic heterocycles. The summed E-state index contributed by atoms with van der Waals surface area (Å²) in [5, 5.41) is 9.27. The summed E-state index contributed by atoms with van der Waals surface area (Å²) >= 11 is 1.42. The molecule has 2 aromatic carbocycles. The lowest BCUT2D eigenvalue weighted by molar-refractivity contribution is 0.306. The summed E-state index contributed by atoms with van der Waals surface area (Å²) in [6.07, 6.45) is 0.744. The fourth-order valence-corrected chi connectivity index (χ4v) is 2.60. The lowest BCUT2D eigenvalue weighted by Gasteiger charge is -2.07. The van der Waals surface area contributed by atoms with Gasteiger partial charge in [0.1, 0.15) is 17.4 Å². The fourth-order valence-electron chi connectivity index (χ4n) is 1.96. The lowest BCUT2D eigenvalue weighted by atomic mass is 10.1. The lowest BCUT2D eigenvalue weighted by Crippen LogP contribution is -1.95. The van der Waals surface area contributed by atoms with Crippen LogP contribution in [-0.2, 0) is 13.0 Å². The van der Waals surface area contributed by atoms with Crippen LogP contribution in [0.4, 0.5) is 5.13 Å². The quantitative estimate of drug-likeness (QED) is 0.785. The van der Waals surface area contributed by atoms with Crippen molar-refractivity contribution in [3.05, 3.63) is 70.7 Å². The number of benzene rings is 2. The second kappa shape index (κ2) is 6.37. The summed E-state index contributed by atoms with van der Waals surface area (Å²) < 4.78 is 5.76. The first-order chi connectivity index (χ1) is 10.3. The SMILES string of the molecule is Nc1nnc(Cc2ccc(OCc3ccccc3)cc2)s1. The largest absolute Gasteiger partial charge is 0.489 e. The monoisotopic (exact) mass is 297 g/mol. The summed E-state index contributed by atoms with van der Waals surface area (Å²) in [7, 11) is 0. The Kier molecular flexibility index (Phi) is 4.12. The van der Waals surface area contributed by atoms with E-state index in [1.165, 1.54) is 16.9 Å². The molecule has 0 aliphatic heterocycles. The second-order valence-corrected chi connectivity index (χ2v) is 5.72. The van der Waals surface area contributed by atoms with Gasteiger partial charge in [-0.05, 0) is 23.3 Å². The van der Waals surface area contributed by atoms with Crippen molar-refractivity contribution < 1.29 is 4.74 Å². The van der Waals surface area contributed by atoms with Crippen molar-refractivity contribution in [1.29, 1.82) is 0 Å². The van der Waals surface area contributed by atoms with Crippen LogP contribution in [0.25, 0.3) is 0 Å². The maximum absolute atomic E-state index is 5.76. The van der Waals surface area contributed by atoms with Gasteiger partial charge in [-0.25, -0.2) is 0 Å². The molecule has 3 rings (SSSR count). The van der Waals surface area contributed by atoms with Crippen LogP contribution in [-0.4, -0.2) is 10.2 Å². The molecule has 0 atom stereocenters. The van der Waals surface area contributed by atoms with E-state index in [4.69, 9.17) is 10.5 Å². The molecule has 1 heterocycles. The van der Waals surface area contributed by atoms with Crippen LogP contribution in [0.5, 0.6) is 5.75 Å². The molecule has 106 valence electrons. The molecule has 0 unspecified atom stereocenters. The molecule has 0 saturated heterocycles. The summed E-state index contributed by atoms with van der Waals surface area (Å²) in [5.74, 6) is 0.861. The van der Waals surface area contributed by atoms with Crippen LogP contribution in [0.1, 0.15) is 16.1 Å². The Hall–Kier alpha value is -2.40. The van der Waals surface area contributed by atoms with Crippen LogP contribution < -0.4 is 10.5 Å². The third kappa shape index (κ3) is 3.79. The average molecular weight is 297 g/mol. The van der Waals surface area contributed by atoms with Gasteiger partial charge in [-0.2, -0.15) is 0 Å². The Labute approximate surface area is 127 Å². The molecule has 0 radical (unpaired) electrons. The number of nitrogens with two attached hydrogens (primary N) is 1. The zero-order chi connectivity index (χ0) is 14.5. The van der Waals surface area contributed by atoms with Crippen molar-refractivity contribution in [3.8, 4) is 5.75 Å². The zero-order valence-corrected chi connectivity index (χ0v) is 12.2. The normalized spacial score (nSPS) is 10.5. The molecule has 0 fully saturated rings. The molecule has 2 N–H and O–H groups in total. The first-order valence-electron chi connectivity index (χ1n) is 6.63. The Morgan fingerprint density at radius 1 is 0.905 bits per heavy atom. The molecule has 5 heteroatoms. The van der Waals surface area contributed by atoms with E-state index in [0.717, 1.165) is 22.7 Å². The molecule has 0 bridgehead atoms. The van der Waals surface area contributed by atoms with E-state index in [-0.39, 0.29) is 0 Å². The predicted molar refractivity (Wildman–Crippen MR) is 84.3 cm³/mol. The first-order valence-corrected chi connectivity index (χ1v) is 7.45. The minimum Gasteiger partial charge on any atom is -0.489 e. The topological polar surface area (TPSA) is 61.0 Å². The maximum atomic E-state index is 5.76. The van der Waals surface area contributed by atoms with Crippen molar-refractivity contribution >= 4 is 16.5 Å². The fraction of sp³-hybridized carbons (Fsp3) is 0.125. The minimum atomic E-state index is 0.507. The van der Waals surface area contributed by atoms with Crippen LogP contribution in [0.15, 0.2) is 54.6 Å². The van der Waals surface area contributed by atoms with E-state index >= 15 is 0 Å². The highest BCUT2D eigenvalue weighted by Gasteiger charge is 2.03. The molecule has 0 aliphatic rings. The molecule has 0 spiro atoms. The van der Waals surface area contributed by atoms with E-state index < -0.39 is 0 Å². The van der Waals surface area contributed by atoms with Crippen molar-refractivity contribution in [3.63, 3.8) is 0 Å². The minimum absolute atomic E-state index is 0.507. The standard InChI is InChI=1S/C16H15N3OS/c17-16-19-18-15(21-16)10-12-6-8-14(9-7-12)20-11-13-4-2-1-3-5-13/h1-9H,10-11H2,(H2,17,19). The highest BCUT2D eigenvalue weighted by atomic mass is 32.1. The Morgan fingerprint density at radius 2 is 1.67 bits per heavy atom. The molecular weight excluding hydrogens is 282 g/mol. The average Bonchev–Trinajstić information content (AvgIpc) is 2.93. The number of aromatic nitrogens is 2. The van der Waals surface area contributed by atoms with Crippen molar-refractivity contribution in [2.45, 2.75) is 13.0 Å². The van der Waals surface area contributed by atoms with Gasteiger partial charge in [-0.15, -0.1) is 10.2 Å². The van der Waals surface area contributed by atoms with Crippen molar-refractivity contribution in [2.75, 3.05) is 5.73 Å². The Bertz CT molecular complexity index is 695. The van der Waals surface area contributed by atoms with Crippen LogP contribution in [0, 0.1) is 0 Å². The highest BCUT2D eigenvalue weighted by Crippen LogP contribution is 2.19. The van der Waals surface area contributed by atoms with Gasteiger partial charge in [-0.1, -0.05) is 53.8 Å². The van der Waals surface area contributed by atoms with E-state index in [1.807, 2.05) is 54.6 Å². The van der Waals surface area contributed by atoms with Gasteiger partial charge in [-0.3, -0.25) is 0 Å². The molecule has 0 aliphatic carbocycles. The molecular formula is C16H15N3OS. The smallest absolute Gasteiger partial charge is 0.203 e. The summed E-state index contributed by atoms with van der Waals surface area (Å²) in [5.41, 5.74) is 7.90. The van der Waals surface area contributed by atoms with Gasteiger partial charge in [0.05, 0.1) is 0 Å². The van der Waals surface area contributed by atoms with E-state index in [2.05, 4.69) is 10.2 Å². The molecule has 4 nitrogen and oxygen atoms in total. The molecule has 21 heavy (non-hydrogen) atoms. The molecule has 0 saturated carbocycles. The second-order valence-electron chi connectivity index (χ2n) is 4.63. The zero-order valence-electron chi connectivity index (χ0n) is 11.4. The summed E-state index contributed by atoms with van der Waals surface area (Å²) in [4.78, 5) is 0. The van der Waals surface area contributed by atoms with Gasteiger partial charge in [0.2, 0.25) is 5.13 Å². The van der Waals surface area contributed by atoms with Gasteiger partial charge in [0.25, 0.3) is 0 Å². The van der Waals surface area contributed by atoms with Crippen LogP contribution >= 0.6 is 11.3 Å². The number of nitrogens with zero attached hydrogens (tertiary/aromatic N) is 2. The number of hydrogen-bond donors (Lipinski definition) is 1. The Morgan fingerprint density at radius 3 is 2.33 bits per heavy atom. The predicted octanol–water partition coefficient (Wildman–Crippen LogP) is 3.29. The maximum Gasteiger partial charge on any atom is 0.203 e. The third-order valence-electron chi connectivity index (χ3n) is 3.01. The molecule has 0 amide bonds. The van der Waals surface area contributed by atoms with Crippen molar-refractivity contribution in [1.82, 2.24) is 10.2 Å². The van der Waals surface area contributed by atoms with Gasteiger partial charge in [0.15, 0.2) is 0 Å². The number of ether oxygens (including phenoxy) is 1. The van der Waals surface area contributed by atoms with Gasteiger partial charge >= 0.3 is 0 Å². The summed E-state index contributed by atoms with van der Waals surface area (Å²) in [6.45, 7) is 0.577. The van der Waals surface area contributed by atoms with Crippen LogP contribution in [0.2, 0.25) is 0 Å².